The van der Waals surface area contributed by atoms with Crippen molar-refractivity contribution in [2.45, 2.75) is 26.4 Å². The first-order valence-corrected chi connectivity index (χ1v) is 6.96. The van der Waals surface area contributed by atoms with Gasteiger partial charge < -0.3 is 10.0 Å². The summed E-state index contributed by atoms with van der Waals surface area (Å²) >= 11 is 0. The summed E-state index contributed by atoms with van der Waals surface area (Å²) in [4.78, 5) is 10.9. The van der Waals surface area contributed by atoms with Crippen molar-refractivity contribution < 1.29 is 5.11 Å². The van der Waals surface area contributed by atoms with E-state index in [1.807, 2.05) is 17.3 Å². The van der Waals surface area contributed by atoms with Crippen LogP contribution in [0.3, 0.4) is 0 Å². The van der Waals surface area contributed by atoms with Crippen LogP contribution in [0.1, 0.15) is 17.5 Å². The van der Waals surface area contributed by atoms with Gasteiger partial charge in [0.05, 0.1) is 6.10 Å². The predicted octanol–water partition coefficient (Wildman–Crippen LogP) is 2.33. The van der Waals surface area contributed by atoms with Gasteiger partial charge in [-0.05, 0) is 37.0 Å². The van der Waals surface area contributed by atoms with Crippen LogP contribution >= 0.6 is 0 Å². The largest absolute Gasteiger partial charge is 0.391 e. The molecular weight excluding hydrogens is 250 g/mol. The minimum absolute atomic E-state index is 0.252. The van der Waals surface area contributed by atoms with Gasteiger partial charge in [0.2, 0.25) is 5.95 Å². The number of anilines is 1. The van der Waals surface area contributed by atoms with Gasteiger partial charge in [0.15, 0.2) is 0 Å². The van der Waals surface area contributed by atoms with E-state index in [0.717, 1.165) is 24.1 Å². The van der Waals surface area contributed by atoms with Gasteiger partial charge in [-0.2, -0.15) is 0 Å². The minimum Gasteiger partial charge on any atom is -0.391 e. The SMILES string of the molecule is Cc1ccc(-c2cnc(N3CCC(O)C3)nc2)cc1C. The van der Waals surface area contributed by atoms with E-state index in [-0.39, 0.29) is 6.10 Å². The molecule has 0 bridgehead atoms. The molecule has 1 unspecified atom stereocenters. The van der Waals surface area contributed by atoms with Crippen LogP contribution in [-0.2, 0) is 0 Å². The highest BCUT2D eigenvalue weighted by molar-refractivity contribution is 5.63. The number of hydrogen-bond donors (Lipinski definition) is 1. The van der Waals surface area contributed by atoms with Crippen molar-refractivity contribution >= 4 is 5.95 Å². The van der Waals surface area contributed by atoms with Crippen LogP contribution in [0.2, 0.25) is 0 Å². The van der Waals surface area contributed by atoms with E-state index >= 15 is 0 Å². The van der Waals surface area contributed by atoms with E-state index in [2.05, 4.69) is 42.0 Å². The van der Waals surface area contributed by atoms with Gasteiger partial charge in [0.1, 0.15) is 0 Å². The number of aliphatic hydroxyl groups excluding tert-OH is 1. The normalized spacial score (nSPS) is 18.6. The lowest BCUT2D eigenvalue weighted by Crippen LogP contribution is -2.23. The first kappa shape index (κ1) is 13.1. The summed E-state index contributed by atoms with van der Waals surface area (Å²) in [5, 5.41) is 9.55. The summed E-state index contributed by atoms with van der Waals surface area (Å²) in [5.41, 5.74) is 4.73. The van der Waals surface area contributed by atoms with Crippen LogP contribution < -0.4 is 4.90 Å². The van der Waals surface area contributed by atoms with Crippen LogP contribution in [0, 0.1) is 13.8 Å². The smallest absolute Gasteiger partial charge is 0.225 e. The summed E-state index contributed by atoms with van der Waals surface area (Å²) < 4.78 is 0. The number of aliphatic hydroxyl groups is 1. The highest BCUT2D eigenvalue weighted by Crippen LogP contribution is 2.23. The number of rotatable bonds is 2. The van der Waals surface area contributed by atoms with Crippen LogP contribution in [0.4, 0.5) is 5.95 Å². The van der Waals surface area contributed by atoms with Crippen molar-refractivity contribution in [1.29, 1.82) is 0 Å². The van der Waals surface area contributed by atoms with E-state index in [9.17, 15) is 5.11 Å². The summed E-state index contributed by atoms with van der Waals surface area (Å²) in [7, 11) is 0. The highest BCUT2D eigenvalue weighted by Gasteiger charge is 2.22. The average Bonchev–Trinajstić information content (AvgIpc) is 2.89. The lowest BCUT2D eigenvalue weighted by Gasteiger charge is -2.15. The van der Waals surface area contributed by atoms with Crippen molar-refractivity contribution in [1.82, 2.24) is 9.97 Å². The quantitative estimate of drug-likeness (QED) is 0.909. The molecule has 104 valence electrons. The number of benzene rings is 1. The zero-order chi connectivity index (χ0) is 14.1. The average molecular weight is 269 g/mol. The molecule has 2 aromatic rings. The molecule has 4 heteroatoms. The maximum absolute atomic E-state index is 9.55. The second kappa shape index (κ2) is 5.21. The highest BCUT2D eigenvalue weighted by atomic mass is 16.3. The zero-order valence-corrected chi connectivity index (χ0v) is 11.9. The fourth-order valence-corrected chi connectivity index (χ4v) is 2.48. The Labute approximate surface area is 119 Å². The molecule has 1 fully saturated rings. The van der Waals surface area contributed by atoms with Gasteiger partial charge >= 0.3 is 0 Å². The molecule has 1 N–H and O–H groups in total. The first-order valence-electron chi connectivity index (χ1n) is 6.96. The summed E-state index contributed by atoms with van der Waals surface area (Å²) in [6, 6.07) is 6.38. The molecule has 1 aromatic heterocycles. The summed E-state index contributed by atoms with van der Waals surface area (Å²) in [6.07, 6.45) is 4.26. The molecule has 2 heterocycles. The van der Waals surface area contributed by atoms with Gasteiger partial charge in [-0.3, -0.25) is 0 Å². The van der Waals surface area contributed by atoms with E-state index in [4.69, 9.17) is 0 Å². The Morgan fingerprint density at radius 1 is 1.10 bits per heavy atom. The number of aryl methyl sites for hydroxylation is 2. The molecule has 1 aliphatic rings. The molecule has 1 atom stereocenters. The number of hydrogen-bond acceptors (Lipinski definition) is 4. The number of nitrogens with zero attached hydrogens (tertiary/aromatic N) is 3. The third-order valence-electron chi connectivity index (χ3n) is 3.92. The molecular formula is C16H19N3O. The van der Waals surface area contributed by atoms with Crippen molar-refractivity contribution in [2.24, 2.45) is 0 Å². The standard InChI is InChI=1S/C16H19N3O/c1-11-3-4-13(7-12(11)2)14-8-17-16(18-9-14)19-6-5-15(20)10-19/h3-4,7-9,15,20H,5-6,10H2,1-2H3. The Balaban J connectivity index is 1.83. The van der Waals surface area contributed by atoms with Crippen LogP contribution in [0.25, 0.3) is 11.1 Å². The molecule has 0 amide bonds. The van der Waals surface area contributed by atoms with Gasteiger partial charge in [-0.25, -0.2) is 9.97 Å². The predicted molar refractivity (Wildman–Crippen MR) is 79.8 cm³/mol. The lowest BCUT2D eigenvalue weighted by atomic mass is 10.0. The van der Waals surface area contributed by atoms with E-state index in [1.54, 1.807) is 0 Å². The minimum atomic E-state index is -0.252. The summed E-state index contributed by atoms with van der Waals surface area (Å²) in [6.45, 7) is 5.67. The van der Waals surface area contributed by atoms with E-state index in [1.165, 1.54) is 11.1 Å². The maximum atomic E-state index is 9.55. The third kappa shape index (κ3) is 2.51. The van der Waals surface area contributed by atoms with Gasteiger partial charge in [-0.15, -0.1) is 0 Å². The van der Waals surface area contributed by atoms with E-state index < -0.39 is 0 Å². The Hall–Kier alpha value is -1.94. The molecule has 0 radical (unpaired) electrons. The summed E-state index contributed by atoms with van der Waals surface area (Å²) in [5.74, 6) is 0.703. The monoisotopic (exact) mass is 269 g/mol. The van der Waals surface area contributed by atoms with Crippen molar-refractivity contribution in [3.05, 3.63) is 41.7 Å². The second-order valence-electron chi connectivity index (χ2n) is 5.46. The zero-order valence-electron chi connectivity index (χ0n) is 11.9. The Morgan fingerprint density at radius 2 is 1.85 bits per heavy atom. The molecule has 1 saturated heterocycles. The van der Waals surface area contributed by atoms with Gasteiger partial charge in [0, 0.05) is 31.0 Å². The van der Waals surface area contributed by atoms with Gasteiger partial charge in [0.25, 0.3) is 0 Å². The molecule has 3 rings (SSSR count). The topological polar surface area (TPSA) is 49.2 Å². The number of β-amino-alcohol motifs (C(OH)–C–C–N with tert-alkyl or cyclic N) is 1. The third-order valence-corrected chi connectivity index (χ3v) is 3.92. The van der Waals surface area contributed by atoms with Crippen molar-refractivity contribution in [3.63, 3.8) is 0 Å². The molecule has 4 nitrogen and oxygen atoms in total. The maximum Gasteiger partial charge on any atom is 0.225 e. The second-order valence-corrected chi connectivity index (χ2v) is 5.46. The first-order chi connectivity index (χ1) is 9.63. The van der Waals surface area contributed by atoms with E-state index in [0.29, 0.717) is 12.5 Å². The Kier molecular flexibility index (Phi) is 3.40. The molecule has 0 saturated carbocycles. The van der Waals surface area contributed by atoms with Crippen LogP contribution in [0.5, 0.6) is 0 Å². The Morgan fingerprint density at radius 3 is 2.45 bits per heavy atom. The van der Waals surface area contributed by atoms with Gasteiger partial charge in [-0.1, -0.05) is 18.2 Å². The van der Waals surface area contributed by atoms with Crippen LogP contribution in [-0.4, -0.2) is 34.3 Å². The van der Waals surface area contributed by atoms with Crippen molar-refractivity contribution in [3.8, 4) is 11.1 Å². The number of aromatic nitrogens is 2. The Bertz CT molecular complexity index is 610. The lowest BCUT2D eigenvalue weighted by molar-refractivity contribution is 0.198. The molecule has 0 aliphatic carbocycles. The molecule has 1 aliphatic heterocycles. The van der Waals surface area contributed by atoms with Crippen LogP contribution in [0.15, 0.2) is 30.6 Å². The fourth-order valence-electron chi connectivity index (χ4n) is 2.48. The fraction of sp³-hybridized carbons (Fsp3) is 0.375. The molecule has 1 aromatic carbocycles. The molecule has 20 heavy (non-hydrogen) atoms. The van der Waals surface area contributed by atoms with Crippen molar-refractivity contribution in [2.75, 3.05) is 18.0 Å². The molecule has 0 spiro atoms.